The highest BCUT2D eigenvalue weighted by molar-refractivity contribution is 5.88. The molecule has 2 aromatic rings. The summed E-state index contributed by atoms with van der Waals surface area (Å²) >= 11 is 0. The maximum atomic E-state index is 12.3. The van der Waals surface area contributed by atoms with Gasteiger partial charge in [0, 0.05) is 11.8 Å². The summed E-state index contributed by atoms with van der Waals surface area (Å²) in [7, 11) is 1.21. The lowest BCUT2D eigenvalue weighted by molar-refractivity contribution is -0.141. The average Bonchev–Trinajstić information content (AvgIpc) is 2.86. The van der Waals surface area contributed by atoms with Crippen LogP contribution in [0.15, 0.2) is 24.4 Å². The highest BCUT2D eigenvalue weighted by Gasteiger charge is 2.32. The van der Waals surface area contributed by atoms with Crippen molar-refractivity contribution < 1.29 is 22.7 Å². The molecule has 0 aliphatic rings. The summed E-state index contributed by atoms with van der Waals surface area (Å²) in [5, 5.41) is 6.23. The number of nitrogens with zero attached hydrogens (tertiary/aromatic N) is 2. The van der Waals surface area contributed by atoms with Gasteiger partial charge in [0.25, 0.3) is 0 Å². The maximum Gasteiger partial charge on any atom is 0.433 e. The van der Waals surface area contributed by atoms with E-state index < -0.39 is 17.8 Å². The van der Waals surface area contributed by atoms with Crippen LogP contribution in [0.25, 0.3) is 11.3 Å². The number of alkyl halides is 3. The van der Waals surface area contributed by atoms with E-state index in [4.69, 9.17) is 0 Å². The molecular weight excluding hydrogens is 263 g/mol. The SMILES string of the molecule is COC(=O)c1cc(-c2ccc(C(F)(F)F)nc2)n[nH]1. The molecule has 2 aromatic heterocycles. The van der Waals surface area contributed by atoms with E-state index in [1.54, 1.807) is 0 Å². The van der Waals surface area contributed by atoms with Gasteiger partial charge in [-0.25, -0.2) is 4.79 Å². The van der Waals surface area contributed by atoms with Gasteiger partial charge in [0.15, 0.2) is 0 Å². The summed E-state index contributed by atoms with van der Waals surface area (Å²) in [5.41, 5.74) is -0.210. The topological polar surface area (TPSA) is 67.9 Å². The highest BCUT2D eigenvalue weighted by atomic mass is 19.4. The molecule has 1 N–H and O–H groups in total. The first-order valence-electron chi connectivity index (χ1n) is 5.09. The number of H-pyrrole nitrogens is 1. The van der Waals surface area contributed by atoms with Crippen molar-refractivity contribution in [3.05, 3.63) is 35.8 Å². The zero-order valence-electron chi connectivity index (χ0n) is 9.65. The average molecular weight is 271 g/mol. The van der Waals surface area contributed by atoms with Gasteiger partial charge >= 0.3 is 12.1 Å². The molecule has 5 nitrogen and oxygen atoms in total. The van der Waals surface area contributed by atoms with Crippen LogP contribution in [0.1, 0.15) is 16.2 Å². The molecule has 0 radical (unpaired) electrons. The number of rotatable bonds is 2. The van der Waals surface area contributed by atoms with Crippen LogP contribution >= 0.6 is 0 Å². The number of carbonyl (C=O) groups is 1. The summed E-state index contributed by atoms with van der Waals surface area (Å²) in [5.74, 6) is -0.612. The first-order valence-corrected chi connectivity index (χ1v) is 5.09. The van der Waals surface area contributed by atoms with Crippen molar-refractivity contribution in [1.29, 1.82) is 0 Å². The van der Waals surface area contributed by atoms with Gasteiger partial charge in [-0.1, -0.05) is 0 Å². The van der Waals surface area contributed by atoms with E-state index in [9.17, 15) is 18.0 Å². The molecule has 100 valence electrons. The third-order valence-corrected chi connectivity index (χ3v) is 2.33. The second-order valence-corrected chi connectivity index (χ2v) is 3.59. The van der Waals surface area contributed by atoms with Crippen molar-refractivity contribution in [3.8, 4) is 11.3 Å². The normalized spacial score (nSPS) is 11.4. The smallest absolute Gasteiger partial charge is 0.433 e. The number of carbonyl (C=O) groups excluding carboxylic acids is 1. The Morgan fingerprint density at radius 2 is 2.11 bits per heavy atom. The number of esters is 1. The molecule has 0 fully saturated rings. The molecule has 0 amide bonds. The Bertz CT molecular complexity index is 590. The van der Waals surface area contributed by atoms with Crippen LogP contribution in [-0.2, 0) is 10.9 Å². The van der Waals surface area contributed by atoms with Crippen molar-refractivity contribution in [2.45, 2.75) is 6.18 Å². The number of methoxy groups -OCH3 is 1. The summed E-state index contributed by atoms with van der Waals surface area (Å²) in [6.07, 6.45) is -3.44. The van der Waals surface area contributed by atoms with Gasteiger partial charge in [-0.05, 0) is 18.2 Å². The molecule has 8 heteroatoms. The fraction of sp³-hybridized carbons (Fsp3) is 0.182. The Balaban J connectivity index is 2.28. The third-order valence-electron chi connectivity index (χ3n) is 2.33. The van der Waals surface area contributed by atoms with Gasteiger partial charge in [0.05, 0.1) is 12.8 Å². The molecular formula is C11H8F3N3O2. The van der Waals surface area contributed by atoms with Crippen molar-refractivity contribution in [3.63, 3.8) is 0 Å². The fourth-order valence-corrected chi connectivity index (χ4v) is 1.40. The Labute approximate surface area is 105 Å². The van der Waals surface area contributed by atoms with E-state index in [1.807, 2.05) is 0 Å². The molecule has 0 unspecified atom stereocenters. The molecule has 2 heterocycles. The van der Waals surface area contributed by atoms with Crippen LogP contribution in [0.3, 0.4) is 0 Å². The van der Waals surface area contributed by atoms with E-state index in [1.165, 1.54) is 19.2 Å². The van der Waals surface area contributed by atoms with E-state index >= 15 is 0 Å². The Morgan fingerprint density at radius 3 is 2.63 bits per heavy atom. The summed E-state index contributed by atoms with van der Waals surface area (Å²) < 4.78 is 41.5. The number of hydrogen-bond acceptors (Lipinski definition) is 4. The van der Waals surface area contributed by atoms with Gasteiger partial charge in [-0.15, -0.1) is 0 Å². The summed E-state index contributed by atoms with van der Waals surface area (Å²) in [4.78, 5) is 14.5. The maximum absolute atomic E-state index is 12.3. The zero-order chi connectivity index (χ0) is 14.0. The van der Waals surface area contributed by atoms with Crippen LogP contribution < -0.4 is 0 Å². The van der Waals surface area contributed by atoms with E-state index in [0.717, 1.165) is 12.3 Å². The number of ether oxygens (including phenoxy) is 1. The van der Waals surface area contributed by atoms with Gasteiger partial charge in [0.2, 0.25) is 0 Å². The van der Waals surface area contributed by atoms with Gasteiger partial charge in [0.1, 0.15) is 11.4 Å². The number of halogens is 3. The van der Waals surface area contributed by atoms with Crippen LogP contribution in [0.4, 0.5) is 13.2 Å². The predicted octanol–water partition coefficient (Wildman–Crippen LogP) is 2.28. The minimum Gasteiger partial charge on any atom is -0.464 e. The van der Waals surface area contributed by atoms with E-state index in [-0.39, 0.29) is 5.69 Å². The molecule has 0 atom stereocenters. The van der Waals surface area contributed by atoms with Crippen LogP contribution in [0.5, 0.6) is 0 Å². The standard InChI is InChI=1S/C11H8F3N3O2/c1-19-10(18)8-4-7(16-17-8)6-2-3-9(15-5-6)11(12,13)14/h2-5H,1H3,(H,16,17). The highest BCUT2D eigenvalue weighted by Crippen LogP contribution is 2.28. The second kappa shape index (κ2) is 4.71. The Hall–Kier alpha value is -2.38. The van der Waals surface area contributed by atoms with Crippen molar-refractivity contribution >= 4 is 5.97 Å². The van der Waals surface area contributed by atoms with Crippen molar-refractivity contribution in [2.75, 3.05) is 7.11 Å². The van der Waals surface area contributed by atoms with Gasteiger partial charge < -0.3 is 4.74 Å². The van der Waals surface area contributed by atoms with Crippen LogP contribution in [-0.4, -0.2) is 28.3 Å². The Morgan fingerprint density at radius 1 is 1.37 bits per heavy atom. The molecule has 0 saturated carbocycles. The van der Waals surface area contributed by atoms with Gasteiger partial charge in [-0.3, -0.25) is 10.1 Å². The first kappa shape index (κ1) is 13.1. The fourth-order valence-electron chi connectivity index (χ4n) is 1.40. The quantitative estimate of drug-likeness (QED) is 0.851. The van der Waals surface area contributed by atoms with E-state index in [2.05, 4.69) is 19.9 Å². The van der Waals surface area contributed by atoms with Gasteiger partial charge in [-0.2, -0.15) is 18.3 Å². The lowest BCUT2D eigenvalue weighted by atomic mass is 10.2. The Kier molecular flexibility index (Phi) is 3.24. The lowest BCUT2D eigenvalue weighted by Gasteiger charge is -2.05. The number of aromatic nitrogens is 3. The largest absolute Gasteiger partial charge is 0.464 e. The van der Waals surface area contributed by atoms with Crippen molar-refractivity contribution in [2.24, 2.45) is 0 Å². The molecule has 0 spiro atoms. The third kappa shape index (κ3) is 2.72. The number of nitrogens with one attached hydrogen (secondary N) is 1. The van der Waals surface area contributed by atoms with E-state index in [0.29, 0.717) is 11.3 Å². The number of hydrogen-bond donors (Lipinski definition) is 1. The minimum atomic E-state index is -4.48. The molecule has 0 aliphatic heterocycles. The minimum absolute atomic E-state index is 0.109. The van der Waals surface area contributed by atoms with Crippen LogP contribution in [0, 0.1) is 0 Å². The molecule has 2 rings (SSSR count). The first-order chi connectivity index (χ1) is 8.91. The molecule has 19 heavy (non-hydrogen) atoms. The summed E-state index contributed by atoms with van der Waals surface area (Å²) in [6.45, 7) is 0. The van der Waals surface area contributed by atoms with Crippen LogP contribution in [0.2, 0.25) is 0 Å². The second-order valence-electron chi connectivity index (χ2n) is 3.59. The molecule has 0 bridgehead atoms. The molecule has 0 aromatic carbocycles. The number of aromatic amines is 1. The predicted molar refractivity (Wildman–Crippen MR) is 58.2 cm³/mol. The van der Waals surface area contributed by atoms with Crippen molar-refractivity contribution in [1.82, 2.24) is 15.2 Å². The number of pyridine rings is 1. The molecule has 0 saturated heterocycles. The summed E-state index contributed by atoms with van der Waals surface area (Å²) in [6, 6.07) is 3.45. The molecule has 0 aliphatic carbocycles. The lowest BCUT2D eigenvalue weighted by Crippen LogP contribution is -2.07. The zero-order valence-corrected chi connectivity index (χ0v) is 9.65. The monoisotopic (exact) mass is 271 g/mol.